The summed E-state index contributed by atoms with van der Waals surface area (Å²) in [5, 5.41) is 3.24. The highest BCUT2D eigenvalue weighted by Crippen LogP contribution is 2.33. The van der Waals surface area contributed by atoms with Crippen LogP contribution < -0.4 is 14.8 Å². The quantitative estimate of drug-likeness (QED) is 0.589. The van der Waals surface area contributed by atoms with Crippen molar-refractivity contribution in [3.63, 3.8) is 0 Å². The van der Waals surface area contributed by atoms with Gasteiger partial charge in [0.15, 0.2) is 21.5 Å². The van der Waals surface area contributed by atoms with E-state index in [4.69, 9.17) is 9.47 Å². The first-order valence-corrected chi connectivity index (χ1v) is 12.0. The fourth-order valence-electron chi connectivity index (χ4n) is 3.48. The largest absolute Gasteiger partial charge is 0.489 e. The Morgan fingerprint density at radius 3 is 2.44 bits per heavy atom. The van der Waals surface area contributed by atoms with Crippen LogP contribution in [0.4, 0.5) is 8.78 Å². The Morgan fingerprint density at radius 1 is 0.938 bits per heavy atom. The van der Waals surface area contributed by atoms with Gasteiger partial charge in [0.25, 0.3) is 0 Å². The lowest BCUT2D eigenvalue weighted by atomic mass is 10.1. The van der Waals surface area contributed by atoms with Gasteiger partial charge >= 0.3 is 0 Å². The molecule has 1 saturated heterocycles. The topological polar surface area (TPSA) is 77.5 Å². The molecular weight excluding hydrogens is 438 g/mol. The summed E-state index contributed by atoms with van der Waals surface area (Å²) in [5.41, 5.74) is 0.958. The van der Waals surface area contributed by atoms with Crippen LogP contribution >= 0.6 is 0 Å². The van der Waals surface area contributed by atoms with Gasteiger partial charge in [-0.15, -0.1) is 0 Å². The Balaban J connectivity index is 1.59. The predicted octanol–water partition coefficient (Wildman–Crippen LogP) is 4.35. The summed E-state index contributed by atoms with van der Waals surface area (Å²) in [6.45, 7) is 1.64. The molecule has 6 nitrogen and oxygen atoms in total. The molecule has 0 radical (unpaired) electrons. The molecule has 1 aliphatic rings. The van der Waals surface area contributed by atoms with Gasteiger partial charge in [-0.05, 0) is 61.8 Å². The normalized spacial score (nSPS) is 14.8. The summed E-state index contributed by atoms with van der Waals surface area (Å²) < 4.78 is 63.3. The second-order valence-corrected chi connectivity index (χ2v) is 9.57. The summed E-state index contributed by atoms with van der Waals surface area (Å²) >= 11 is 0. The molecule has 1 aromatic heterocycles. The number of aromatic nitrogens is 1. The Kier molecular flexibility index (Phi) is 6.38. The second-order valence-electron chi connectivity index (χ2n) is 7.59. The lowest BCUT2D eigenvalue weighted by Gasteiger charge is -2.25. The van der Waals surface area contributed by atoms with Gasteiger partial charge in [-0.1, -0.05) is 6.07 Å². The van der Waals surface area contributed by atoms with Gasteiger partial charge in [0.2, 0.25) is 0 Å². The third kappa shape index (κ3) is 5.23. The number of sulfone groups is 1. The van der Waals surface area contributed by atoms with Crippen LogP contribution in [-0.2, 0) is 9.84 Å². The zero-order chi connectivity index (χ0) is 22.7. The number of rotatable bonds is 6. The van der Waals surface area contributed by atoms with Crippen molar-refractivity contribution in [2.24, 2.45) is 0 Å². The minimum Gasteiger partial charge on any atom is -0.489 e. The summed E-state index contributed by atoms with van der Waals surface area (Å²) in [6.07, 6.45) is 5.60. The second kappa shape index (κ2) is 9.22. The van der Waals surface area contributed by atoms with E-state index in [1.54, 1.807) is 18.2 Å². The molecule has 0 amide bonds. The molecule has 32 heavy (non-hydrogen) atoms. The standard InChI is InChI=1S/C23H22F2N2O4S/c1-32(28,29)23-12-18(3-5-22(23)31-17-6-8-26-9-7-17)30-19-10-16(13-27-14-19)15-2-4-20(24)21(25)11-15/h2-5,10-14,17,26H,6-9H2,1H3. The lowest BCUT2D eigenvalue weighted by molar-refractivity contribution is 0.158. The van der Waals surface area contributed by atoms with Crippen LogP contribution in [-0.4, -0.2) is 38.9 Å². The average molecular weight is 461 g/mol. The molecule has 9 heteroatoms. The molecule has 2 heterocycles. The van der Waals surface area contributed by atoms with E-state index >= 15 is 0 Å². The first-order chi connectivity index (χ1) is 15.3. The zero-order valence-electron chi connectivity index (χ0n) is 17.3. The highest BCUT2D eigenvalue weighted by Gasteiger charge is 2.21. The van der Waals surface area contributed by atoms with Crippen molar-refractivity contribution in [3.05, 3.63) is 66.5 Å². The van der Waals surface area contributed by atoms with Gasteiger partial charge < -0.3 is 14.8 Å². The highest BCUT2D eigenvalue weighted by atomic mass is 32.2. The number of halogens is 2. The number of nitrogens with zero attached hydrogens (tertiary/aromatic N) is 1. The molecule has 1 fully saturated rings. The molecule has 3 aromatic rings. The number of nitrogens with one attached hydrogen (secondary N) is 1. The zero-order valence-corrected chi connectivity index (χ0v) is 18.2. The van der Waals surface area contributed by atoms with Crippen LogP contribution in [0.2, 0.25) is 0 Å². The van der Waals surface area contributed by atoms with E-state index in [1.165, 1.54) is 24.5 Å². The van der Waals surface area contributed by atoms with Crippen molar-refractivity contribution in [3.8, 4) is 28.4 Å². The maximum absolute atomic E-state index is 13.6. The van der Waals surface area contributed by atoms with Gasteiger partial charge in [0.1, 0.15) is 28.2 Å². The van der Waals surface area contributed by atoms with Gasteiger partial charge in [-0.2, -0.15) is 0 Å². The fraction of sp³-hybridized carbons (Fsp3) is 0.261. The third-order valence-corrected chi connectivity index (χ3v) is 6.21. The van der Waals surface area contributed by atoms with Crippen LogP contribution in [0.25, 0.3) is 11.1 Å². The van der Waals surface area contributed by atoms with Crippen LogP contribution in [0.15, 0.2) is 59.8 Å². The Morgan fingerprint density at radius 2 is 1.72 bits per heavy atom. The monoisotopic (exact) mass is 460 g/mol. The van der Waals surface area contributed by atoms with Gasteiger partial charge in [-0.25, -0.2) is 17.2 Å². The molecule has 0 bridgehead atoms. The van der Waals surface area contributed by atoms with E-state index < -0.39 is 21.5 Å². The maximum Gasteiger partial charge on any atom is 0.179 e. The average Bonchev–Trinajstić information content (AvgIpc) is 2.77. The SMILES string of the molecule is CS(=O)(=O)c1cc(Oc2cncc(-c3ccc(F)c(F)c3)c2)ccc1OC1CCNCC1. The molecule has 0 saturated carbocycles. The van der Waals surface area contributed by atoms with E-state index in [-0.39, 0.29) is 16.7 Å². The third-order valence-electron chi connectivity index (χ3n) is 5.10. The van der Waals surface area contributed by atoms with E-state index in [0.29, 0.717) is 22.6 Å². The Bertz CT molecular complexity index is 1230. The molecule has 0 atom stereocenters. The van der Waals surface area contributed by atoms with Gasteiger partial charge in [-0.3, -0.25) is 4.98 Å². The molecule has 0 aliphatic carbocycles. The molecule has 168 valence electrons. The lowest BCUT2D eigenvalue weighted by Crippen LogP contribution is -2.34. The van der Waals surface area contributed by atoms with Crippen molar-refractivity contribution < 1.29 is 26.7 Å². The Labute approximate surface area is 185 Å². The summed E-state index contributed by atoms with van der Waals surface area (Å²) in [7, 11) is -3.57. The minimum absolute atomic E-state index is 0.0400. The highest BCUT2D eigenvalue weighted by molar-refractivity contribution is 7.90. The summed E-state index contributed by atoms with van der Waals surface area (Å²) in [6, 6.07) is 9.78. The number of hydrogen-bond acceptors (Lipinski definition) is 6. The number of ether oxygens (including phenoxy) is 2. The number of benzene rings is 2. The van der Waals surface area contributed by atoms with Crippen molar-refractivity contribution in [1.82, 2.24) is 10.3 Å². The van der Waals surface area contributed by atoms with Gasteiger partial charge in [0, 0.05) is 24.1 Å². The molecule has 2 aromatic carbocycles. The molecule has 1 aliphatic heterocycles. The maximum atomic E-state index is 13.6. The van der Waals surface area contributed by atoms with Crippen molar-refractivity contribution in [2.75, 3.05) is 19.3 Å². The van der Waals surface area contributed by atoms with E-state index in [9.17, 15) is 17.2 Å². The number of pyridine rings is 1. The van der Waals surface area contributed by atoms with E-state index in [2.05, 4.69) is 10.3 Å². The molecular formula is C23H22F2N2O4S. The summed E-state index contributed by atoms with van der Waals surface area (Å²) in [5.74, 6) is -1.00. The molecule has 0 unspecified atom stereocenters. The van der Waals surface area contributed by atoms with Crippen LogP contribution in [0.5, 0.6) is 17.2 Å². The number of hydrogen-bond donors (Lipinski definition) is 1. The van der Waals surface area contributed by atoms with E-state index in [1.807, 2.05) is 0 Å². The first-order valence-electron chi connectivity index (χ1n) is 10.1. The van der Waals surface area contributed by atoms with Crippen LogP contribution in [0.3, 0.4) is 0 Å². The molecule has 0 spiro atoms. The smallest absolute Gasteiger partial charge is 0.179 e. The van der Waals surface area contributed by atoms with Crippen LogP contribution in [0, 0.1) is 11.6 Å². The molecule has 1 N–H and O–H groups in total. The predicted molar refractivity (Wildman–Crippen MR) is 116 cm³/mol. The minimum atomic E-state index is -3.57. The van der Waals surface area contributed by atoms with E-state index in [0.717, 1.165) is 44.3 Å². The van der Waals surface area contributed by atoms with Crippen LogP contribution in [0.1, 0.15) is 12.8 Å². The van der Waals surface area contributed by atoms with Crippen molar-refractivity contribution >= 4 is 9.84 Å². The van der Waals surface area contributed by atoms with Crippen molar-refractivity contribution in [1.29, 1.82) is 0 Å². The molecule has 4 rings (SSSR count). The fourth-order valence-corrected chi connectivity index (χ4v) is 4.29. The number of piperidine rings is 1. The Hall–Kier alpha value is -3.04. The van der Waals surface area contributed by atoms with Gasteiger partial charge in [0.05, 0.1) is 6.20 Å². The van der Waals surface area contributed by atoms with Crippen molar-refractivity contribution in [2.45, 2.75) is 23.8 Å². The summed E-state index contributed by atoms with van der Waals surface area (Å²) in [4.78, 5) is 4.13. The first kappa shape index (κ1) is 22.2.